The van der Waals surface area contributed by atoms with Gasteiger partial charge in [0.1, 0.15) is 16.5 Å². The highest BCUT2D eigenvalue weighted by Gasteiger charge is 2.17. The second-order valence-electron chi connectivity index (χ2n) is 5.74. The minimum absolute atomic E-state index is 0.0550. The number of ether oxygens (including phenoxy) is 1. The number of nitro groups is 1. The highest BCUT2D eigenvalue weighted by Crippen LogP contribution is 2.42. The van der Waals surface area contributed by atoms with Gasteiger partial charge in [-0.3, -0.25) is 10.1 Å². The van der Waals surface area contributed by atoms with Crippen LogP contribution in [0.4, 0.5) is 5.69 Å². The average molecular weight is 374 g/mol. The number of hydrogen-bond donors (Lipinski definition) is 0. The fraction of sp³-hybridized carbons (Fsp3) is 0. The van der Waals surface area contributed by atoms with Crippen molar-refractivity contribution in [3.63, 3.8) is 0 Å². The summed E-state index contributed by atoms with van der Waals surface area (Å²) in [5.41, 5.74) is 2.57. The first kappa shape index (κ1) is 16.9. The molecule has 27 heavy (non-hydrogen) atoms. The lowest BCUT2D eigenvalue weighted by Crippen LogP contribution is -1.87. The molecule has 0 aliphatic heterocycles. The van der Waals surface area contributed by atoms with Crippen LogP contribution in [0.5, 0.6) is 10.8 Å². The van der Waals surface area contributed by atoms with Crippen LogP contribution in [0.1, 0.15) is 0 Å². The van der Waals surface area contributed by atoms with Crippen LogP contribution >= 0.6 is 11.3 Å². The molecule has 0 aliphatic carbocycles. The van der Waals surface area contributed by atoms with Gasteiger partial charge in [0.05, 0.1) is 4.92 Å². The quantitative estimate of drug-likeness (QED) is 0.309. The van der Waals surface area contributed by atoms with E-state index in [0.717, 1.165) is 27.6 Å². The van der Waals surface area contributed by atoms with Gasteiger partial charge in [0.15, 0.2) is 0 Å². The summed E-state index contributed by atoms with van der Waals surface area (Å²) in [6.45, 7) is 0. The van der Waals surface area contributed by atoms with Crippen molar-refractivity contribution in [1.29, 1.82) is 0 Å². The van der Waals surface area contributed by atoms with E-state index in [1.54, 1.807) is 12.1 Å². The summed E-state index contributed by atoms with van der Waals surface area (Å²) in [4.78, 5) is 15.2. The largest absolute Gasteiger partial charge is 0.444 e. The molecule has 0 radical (unpaired) electrons. The Kier molecular flexibility index (Phi) is 4.63. The summed E-state index contributed by atoms with van der Waals surface area (Å²) in [6, 6.07) is 25.7. The number of non-ortho nitro benzene ring substituents is 1. The van der Waals surface area contributed by atoms with E-state index in [-0.39, 0.29) is 5.69 Å². The molecule has 0 bridgehead atoms. The zero-order valence-electron chi connectivity index (χ0n) is 14.1. The van der Waals surface area contributed by atoms with Gasteiger partial charge in [0.25, 0.3) is 5.69 Å². The average Bonchev–Trinajstić information content (AvgIpc) is 3.13. The van der Waals surface area contributed by atoms with E-state index in [9.17, 15) is 10.1 Å². The number of nitrogens with zero attached hydrogens (tertiary/aromatic N) is 2. The minimum atomic E-state index is -0.412. The summed E-state index contributed by atoms with van der Waals surface area (Å²) >= 11 is 1.41. The topological polar surface area (TPSA) is 65.3 Å². The van der Waals surface area contributed by atoms with Crippen molar-refractivity contribution in [3.8, 4) is 32.6 Å². The predicted molar refractivity (Wildman–Crippen MR) is 106 cm³/mol. The summed E-state index contributed by atoms with van der Waals surface area (Å²) in [7, 11) is 0. The maximum Gasteiger partial charge on any atom is 0.269 e. The van der Waals surface area contributed by atoms with Crippen LogP contribution in [0.2, 0.25) is 0 Å². The van der Waals surface area contributed by atoms with Crippen molar-refractivity contribution in [3.05, 3.63) is 95.0 Å². The van der Waals surface area contributed by atoms with Crippen LogP contribution in [-0.4, -0.2) is 9.91 Å². The molecule has 5 nitrogen and oxygen atoms in total. The fourth-order valence-corrected chi connectivity index (χ4v) is 3.56. The number of aromatic nitrogens is 1. The van der Waals surface area contributed by atoms with Gasteiger partial charge in [-0.05, 0) is 24.3 Å². The van der Waals surface area contributed by atoms with E-state index in [1.807, 2.05) is 60.7 Å². The van der Waals surface area contributed by atoms with Crippen molar-refractivity contribution in [2.45, 2.75) is 0 Å². The lowest BCUT2D eigenvalue weighted by Gasteiger charge is -2.04. The highest BCUT2D eigenvalue weighted by molar-refractivity contribution is 7.17. The molecule has 0 unspecified atom stereocenters. The molecule has 0 saturated heterocycles. The van der Waals surface area contributed by atoms with Crippen molar-refractivity contribution in [1.82, 2.24) is 4.98 Å². The number of thiazole rings is 1. The normalized spacial score (nSPS) is 10.5. The SMILES string of the molecule is O=[N+]([O-])c1ccc(-c2nc(-c3ccccc3)c(Oc3ccccc3)s2)cc1. The standard InChI is InChI=1S/C21H14N2O3S/c24-23(25)17-13-11-16(12-14-17)20-22-19(15-7-3-1-4-8-15)21(27-20)26-18-9-5-2-6-10-18/h1-14H. The van der Waals surface area contributed by atoms with Crippen molar-refractivity contribution >= 4 is 17.0 Å². The van der Waals surface area contributed by atoms with E-state index in [4.69, 9.17) is 9.72 Å². The van der Waals surface area contributed by atoms with E-state index in [1.165, 1.54) is 23.5 Å². The zero-order chi connectivity index (χ0) is 18.6. The molecule has 0 fully saturated rings. The van der Waals surface area contributed by atoms with E-state index < -0.39 is 4.92 Å². The molecule has 0 atom stereocenters. The Balaban J connectivity index is 1.76. The molecule has 4 rings (SSSR count). The molecular formula is C21H14N2O3S. The molecule has 1 aromatic heterocycles. The van der Waals surface area contributed by atoms with Crippen LogP contribution < -0.4 is 4.74 Å². The van der Waals surface area contributed by atoms with E-state index >= 15 is 0 Å². The van der Waals surface area contributed by atoms with Crippen LogP contribution in [0.3, 0.4) is 0 Å². The first-order chi connectivity index (χ1) is 13.2. The smallest absolute Gasteiger partial charge is 0.269 e. The molecule has 0 aliphatic rings. The molecule has 4 aromatic rings. The molecule has 1 heterocycles. The third kappa shape index (κ3) is 3.70. The Labute approximate surface area is 159 Å². The second-order valence-corrected chi connectivity index (χ2v) is 6.70. The van der Waals surface area contributed by atoms with Gasteiger partial charge in [0.2, 0.25) is 5.06 Å². The molecule has 0 amide bonds. The van der Waals surface area contributed by atoms with Crippen LogP contribution in [0.25, 0.3) is 21.8 Å². The van der Waals surface area contributed by atoms with Gasteiger partial charge in [-0.25, -0.2) is 4.98 Å². The lowest BCUT2D eigenvalue weighted by atomic mass is 10.1. The molecule has 6 heteroatoms. The summed E-state index contributed by atoms with van der Waals surface area (Å²) in [5, 5.41) is 12.3. The second kappa shape index (κ2) is 7.39. The fourth-order valence-electron chi connectivity index (χ4n) is 2.60. The Morgan fingerprint density at radius 2 is 1.44 bits per heavy atom. The van der Waals surface area contributed by atoms with Crippen LogP contribution in [-0.2, 0) is 0 Å². The van der Waals surface area contributed by atoms with Gasteiger partial charge in [-0.2, -0.15) is 0 Å². The molecule has 0 spiro atoms. The Bertz CT molecular complexity index is 1060. The van der Waals surface area contributed by atoms with Gasteiger partial charge >= 0.3 is 0 Å². The first-order valence-corrected chi connectivity index (χ1v) is 9.06. The predicted octanol–water partition coefficient (Wildman–Crippen LogP) is 6.18. The van der Waals surface area contributed by atoms with Gasteiger partial charge in [-0.15, -0.1) is 0 Å². The minimum Gasteiger partial charge on any atom is -0.444 e. The van der Waals surface area contributed by atoms with Gasteiger partial charge < -0.3 is 4.74 Å². The summed E-state index contributed by atoms with van der Waals surface area (Å²) in [6.07, 6.45) is 0. The third-order valence-electron chi connectivity index (χ3n) is 3.92. The molecule has 0 saturated carbocycles. The maximum absolute atomic E-state index is 10.9. The Hall–Kier alpha value is -3.51. The number of para-hydroxylation sites is 1. The number of hydrogen-bond acceptors (Lipinski definition) is 5. The summed E-state index contributed by atoms with van der Waals surface area (Å²) in [5.74, 6) is 0.730. The van der Waals surface area contributed by atoms with Crippen molar-refractivity contribution < 1.29 is 9.66 Å². The molecule has 0 N–H and O–H groups in total. The van der Waals surface area contributed by atoms with Gasteiger partial charge in [-0.1, -0.05) is 59.9 Å². The lowest BCUT2D eigenvalue weighted by molar-refractivity contribution is -0.384. The summed E-state index contributed by atoms with van der Waals surface area (Å²) < 4.78 is 6.08. The molecular weight excluding hydrogens is 360 g/mol. The third-order valence-corrected chi connectivity index (χ3v) is 4.90. The van der Waals surface area contributed by atoms with Crippen molar-refractivity contribution in [2.75, 3.05) is 0 Å². The van der Waals surface area contributed by atoms with Crippen molar-refractivity contribution in [2.24, 2.45) is 0 Å². The molecule has 132 valence electrons. The first-order valence-electron chi connectivity index (χ1n) is 8.25. The Morgan fingerprint density at radius 1 is 0.815 bits per heavy atom. The maximum atomic E-state index is 10.9. The van der Waals surface area contributed by atoms with Crippen LogP contribution in [0, 0.1) is 10.1 Å². The van der Waals surface area contributed by atoms with E-state index in [2.05, 4.69) is 0 Å². The number of rotatable bonds is 5. The monoisotopic (exact) mass is 374 g/mol. The number of nitro benzene ring substituents is 1. The Morgan fingerprint density at radius 3 is 2.07 bits per heavy atom. The molecule has 3 aromatic carbocycles. The number of benzene rings is 3. The van der Waals surface area contributed by atoms with Gasteiger partial charge in [0, 0.05) is 23.3 Å². The van der Waals surface area contributed by atoms with E-state index in [0.29, 0.717) is 5.06 Å². The highest BCUT2D eigenvalue weighted by atomic mass is 32.1. The van der Waals surface area contributed by atoms with Crippen LogP contribution in [0.15, 0.2) is 84.9 Å². The zero-order valence-corrected chi connectivity index (χ0v) is 14.9.